The Morgan fingerprint density at radius 2 is 1.81 bits per heavy atom. The van der Waals surface area contributed by atoms with E-state index in [9.17, 15) is 4.79 Å². The zero-order valence-electron chi connectivity index (χ0n) is 12.1. The lowest BCUT2D eigenvalue weighted by atomic mass is 10.0. The maximum atomic E-state index is 12.7. The van der Waals surface area contributed by atoms with Crippen molar-refractivity contribution in [3.8, 4) is 0 Å². The molecule has 1 aromatic carbocycles. The molecule has 1 aromatic heterocycles. The molecule has 3 heterocycles. The summed E-state index contributed by atoms with van der Waals surface area (Å²) in [5.74, 6) is 0.134. The first-order valence-corrected chi connectivity index (χ1v) is 7.38. The van der Waals surface area contributed by atoms with Crippen molar-refractivity contribution < 1.29 is 9.53 Å². The number of aromatic nitrogens is 1. The number of carbonyl (C=O) groups excluding carboxylic acids is 1. The van der Waals surface area contributed by atoms with Gasteiger partial charge in [0.05, 0.1) is 11.7 Å². The van der Waals surface area contributed by atoms with Gasteiger partial charge in [-0.15, -0.1) is 0 Å². The van der Waals surface area contributed by atoms with E-state index < -0.39 is 0 Å². The summed E-state index contributed by atoms with van der Waals surface area (Å²) < 4.78 is 8.27. The molecule has 1 fully saturated rings. The molecule has 1 saturated heterocycles. The fourth-order valence-corrected chi connectivity index (χ4v) is 3.51. The molecule has 0 unspecified atom stereocenters. The van der Waals surface area contributed by atoms with Gasteiger partial charge in [0.2, 0.25) is 5.91 Å². The molecule has 0 saturated carbocycles. The molecule has 4 nitrogen and oxygen atoms in total. The van der Waals surface area contributed by atoms with E-state index in [1.807, 2.05) is 52.9 Å². The van der Waals surface area contributed by atoms with Crippen LogP contribution in [0.4, 0.5) is 0 Å². The first-order valence-electron chi connectivity index (χ1n) is 7.38. The summed E-state index contributed by atoms with van der Waals surface area (Å²) in [5, 5.41) is 0. The minimum atomic E-state index is -0.274. The predicted octanol–water partition coefficient (Wildman–Crippen LogP) is 3.05. The average molecular weight is 282 g/mol. The maximum Gasteiger partial charge on any atom is 0.248 e. The van der Waals surface area contributed by atoms with Gasteiger partial charge in [0, 0.05) is 6.20 Å². The van der Waals surface area contributed by atoms with Crippen LogP contribution in [0.1, 0.15) is 43.5 Å². The summed E-state index contributed by atoms with van der Waals surface area (Å²) >= 11 is 0. The number of nitrogens with zero attached hydrogens (tertiary/aromatic N) is 2. The Balaban J connectivity index is 1.77. The normalized spacial score (nSPS) is 31.1. The molecule has 0 spiro atoms. The highest BCUT2D eigenvalue weighted by Crippen LogP contribution is 2.46. The largest absolute Gasteiger partial charge is 0.342 e. The monoisotopic (exact) mass is 282 g/mol. The van der Waals surface area contributed by atoms with Crippen molar-refractivity contribution in [2.45, 2.75) is 38.3 Å². The molecule has 108 valence electrons. The Morgan fingerprint density at radius 3 is 2.57 bits per heavy atom. The van der Waals surface area contributed by atoms with Gasteiger partial charge in [-0.05, 0) is 31.5 Å². The van der Waals surface area contributed by atoms with E-state index in [2.05, 4.69) is 19.1 Å². The zero-order valence-corrected chi connectivity index (χ0v) is 12.1. The van der Waals surface area contributed by atoms with Crippen LogP contribution in [-0.4, -0.2) is 21.4 Å². The molecule has 21 heavy (non-hydrogen) atoms. The summed E-state index contributed by atoms with van der Waals surface area (Å²) in [6.45, 7) is 4.02. The van der Waals surface area contributed by atoms with Crippen LogP contribution in [0.3, 0.4) is 0 Å². The summed E-state index contributed by atoms with van der Waals surface area (Å²) in [6, 6.07) is 14.0. The molecule has 0 N–H and O–H groups in total. The van der Waals surface area contributed by atoms with Crippen LogP contribution in [0.25, 0.3) is 0 Å². The lowest BCUT2D eigenvalue weighted by molar-refractivity contribution is -0.145. The third-order valence-corrected chi connectivity index (χ3v) is 4.63. The molecule has 2 aliphatic heterocycles. The zero-order chi connectivity index (χ0) is 14.6. The minimum Gasteiger partial charge on any atom is -0.342 e. The second kappa shape index (κ2) is 4.46. The highest BCUT2D eigenvalue weighted by molar-refractivity contribution is 5.82. The number of benzene rings is 1. The average Bonchev–Trinajstić information content (AvgIpc) is 3.10. The van der Waals surface area contributed by atoms with Gasteiger partial charge in [0.15, 0.2) is 6.23 Å². The van der Waals surface area contributed by atoms with E-state index >= 15 is 0 Å². The third-order valence-electron chi connectivity index (χ3n) is 4.63. The Hall–Kier alpha value is -2.07. The lowest BCUT2D eigenvalue weighted by Gasteiger charge is -2.35. The number of rotatable bonds is 1. The standard InChI is InChI=1S/C17H18N2O2/c1-11-15(13-7-4-3-5-8-13)21-17-14-9-6-10-18(14)12(2)16(20)19(11)17/h3-12,15,17H,1-2H3/t11-,12-,15-,17+/m0/s1. The van der Waals surface area contributed by atoms with Crippen LogP contribution in [0, 0.1) is 0 Å². The van der Waals surface area contributed by atoms with Crippen molar-refractivity contribution in [3.05, 3.63) is 59.9 Å². The fraction of sp³-hybridized carbons (Fsp3) is 0.353. The van der Waals surface area contributed by atoms with Gasteiger partial charge < -0.3 is 14.2 Å². The first-order chi connectivity index (χ1) is 10.2. The van der Waals surface area contributed by atoms with Crippen molar-refractivity contribution in [2.24, 2.45) is 0 Å². The quantitative estimate of drug-likeness (QED) is 0.805. The van der Waals surface area contributed by atoms with Crippen LogP contribution in [0.2, 0.25) is 0 Å². The van der Waals surface area contributed by atoms with Crippen molar-refractivity contribution in [3.63, 3.8) is 0 Å². The second-order valence-electron chi connectivity index (χ2n) is 5.82. The summed E-state index contributed by atoms with van der Waals surface area (Å²) in [5.41, 5.74) is 2.19. The van der Waals surface area contributed by atoms with Gasteiger partial charge in [-0.3, -0.25) is 4.79 Å². The van der Waals surface area contributed by atoms with Gasteiger partial charge in [0.25, 0.3) is 0 Å². The lowest BCUT2D eigenvalue weighted by Crippen LogP contribution is -2.45. The Labute approximate surface area is 123 Å². The van der Waals surface area contributed by atoms with Crippen LogP contribution >= 0.6 is 0 Å². The topological polar surface area (TPSA) is 34.5 Å². The van der Waals surface area contributed by atoms with E-state index in [1.54, 1.807) is 0 Å². The second-order valence-corrected chi connectivity index (χ2v) is 5.82. The van der Waals surface area contributed by atoms with Gasteiger partial charge in [0.1, 0.15) is 12.1 Å². The van der Waals surface area contributed by atoms with Gasteiger partial charge in [-0.2, -0.15) is 0 Å². The van der Waals surface area contributed by atoms with E-state index in [0.29, 0.717) is 0 Å². The molecule has 2 aliphatic rings. The van der Waals surface area contributed by atoms with E-state index in [4.69, 9.17) is 4.74 Å². The van der Waals surface area contributed by atoms with E-state index in [-0.39, 0.29) is 30.3 Å². The minimum absolute atomic E-state index is 0.0380. The number of hydrogen-bond donors (Lipinski definition) is 0. The molecule has 0 aliphatic carbocycles. The third kappa shape index (κ3) is 1.69. The Morgan fingerprint density at radius 1 is 1.05 bits per heavy atom. The number of fused-ring (bicyclic) bond motifs is 3. The summed E-state index contributed by atoms with van der Waals surface area (Å²) in [6.07, 6.45) is 1.61. The Bertz CT molecular complexity index is 679. The highest BCUT2D eigenvalue weighted by Gasteiger charge is 2.49. The SMILES string of the molecule is C[C@H]1[C@@H](c2ccccc2)O[C@@H]2c3cccn3[C@@H](C)C(=O)N21. The molecular formula is C17H18N2O2. The van der Waals surface area contributed by atoms with Crippen LogP contribution in [0.5, 0.6) is 0 Å². The maximum absolute atomic E-state index is 12.7. The molecular weight excluding hydrogens is 264 g/mol. The van der Waals surface area contributed by atoms with Gasteiger partial charge in [-0.25, -0.2) is 0 Å². The predicted molar refractivity (Wildman–Crippen MR) is 78.5 cm³/mol. The van der Waals surface area contributed by atoms with E-state index in [0.717, 1.165) is 11.3 Å². The number of hydrogen-bond acceptors (Lipinski definition) is 2. The molecule has 0 radical (unpaired) electrons. The molecule has 4 heteroatoms. The van der Waals surface area contributed by atoms with Crippen molar-refractivity contribution in [1.29, 1.82) is 0 Å². The van der Waals surface area contributed by atoms with E-state index in [1.165, 1.54) is 0 Å². The molecule has 0 bridgehead atoms. The van der Waals surface area contributed by atoms with Crippen molar-refractivity contribution >= 4 is 5.91 Å². The van der Waals surface area contributed by atoms with Crippen molar-refractivity contribution in [1.82, 2.24) is 9.47 Å². The highest BCUT2D eigenvalue weighted by atomic mass is 16.5. The molecule has 4 rings (SSSR count). The number of carbonyl (C=O) groups is 1. The molecule has 4 atom stereocenters. The van der Waals surface area contributed by atoms with Crippen LogP contribution in [-0.2, 0) is 9.53 Å². The van der Waals surface area contributed by atoms with Crippen LogP contribution in [0.15, 0.2) is 48.7 Å². The van der Waals surface area contributed by atoms with Gasteiger partial charge >= 0.3 is 0 Å². The number of ether oxygens (including phenoxy) is 1. The smallest absolute Gasteiger partial charge is 0.248 e. The summed E-state index contributed by atoms with van der Waals surface area (Å²) in [7, 11) is 0. The van der Waals surface area contributed by atoms with Crippen LogP contribution < -0.4 is 0 Å². The molecule has 1 amide bonds. The fourth-order valence-electron chi connectivity index (χ4n) is 3.51. The molecule has 2 aromatic rings. The number of amides is 1. The Kier molecular flexibility index (Phi) is 2.69. The van der Waals surface area contributed by atoms with Crippen molar-refractivity contribution in [2.75, 3.05) is 0 Å². The first kappa shape index (κ1) is 12.7. The summed E-state index contributed by atoms with van der Waals surface area (Å²) in [4.78, 5) is 14.6. The van der Waals surface area contributed by atoms with Gasteiger partial charge in [-0.1, -0.05) is 30.3 Å².